The highest BCUT2D eigenvalue weighted by Gasteiger charge is 2.48. The summed E-state index contributed by atoms with van der Waals surface area (Å²) >= 11 is 1.83. The van der Waals surface area contributed by atoms with E-state index in [0.717, 1.165) is 67.9 Å². The van der Waals surface area contributed by atoms with Crippen LogP contribution in [-0.2, 0) is 4.79 Å². The van der Waals surface area contributed by atoms with Gasteiger partial charge in [-0.15, -0.1) is 16.8 Å². The number of hydrogen-bond acceptors (Lipinski definition) is 6. The van der Waals surface area contributed by atoms with Crippen molar-refractivity contribution in [2.45, 2.75) is 18.8 Å². The van der Waals surface area contributed by atoms with Gasteiger partial charge in [-0.3, -0.25) is 4.79 Å². The quantitative estimate of drug-likeness (QED) is 0.670. The van der Waals surface area contributed by atoms with Gasteiger partial charge in [-0.25, -0.2) is 9.97 Å². The molecule has 6 rings (SSSR count). The maximum absolute atomic E-state index is 13.0. The van der Waals surface area contributed by atoms with Gasteiger partial charge in [-0.05, 0) is 31.1 Å². The fourth-order valence-electron chi connectivity index (χ4n) is 5.22. The van der Waals surface area contributed by atoms with Crippen molar-refractivity contribution in [1.29, 1.82) is 0 Å². The molecule has 32 heavy (non-hydrogen) atoms. The third-order valence-corrected chi connectivity index (χ3v) is 7.84. The van der Waals surface area contributed by atoms with Gasteiger partial charge in [-0.1, -0.05) is 6.07 Å². The standard InChI is InChI=1S/C23H26N7OS/c31-23(27-11-13-32-17-27)19-14-20-4-3-12-30(20,15-19)28-9-6-18(7-10-28)22-25-16-26-29(22)21-5-1-2-8-24-21/h1-5,8,12,14,16,18H,6-7,9-11,13,15,17H2/q+1/t30-/m1/s1. The number of allylic oxidation sites excluding steroid dienone is 3. The normalized spacial score (nSPS) is 25.8. The van der Waals surface area contributed by atoms with Gasteiger partial charge in [0.15, 0.2) is 11.5 Å². The second-order valence-corrected chi connectivity index (χ2v) is 9.71. The minimum Gasteiger partial charge on any atom is -0.329 e. The molecule has 0 aliphatic carbocycles. The van der Waals surface area contributed by atoms with Crippen molar-refractivity contribution >= 4 is 17.7 Å². The second-order valence-electron chi connectivity index (χ2n) is 8.64. The Morgan fingerprint density at radius 2 is 2.06 bits per heavy atom. The van der Waals surface area contributed by atoms with E-state index >= 15 is 0 Å². The fourth-order valence-corrected chi connectivity index (χ4v) is 6.16. The molecule has 9 heteroatoms. The number of fused-ring (bicyclic) bond motifs is 1. The molecule has 0 radical (unpaired) electrons. The van der Waals surface area contributed by atoms with E-state index in [1.807, 2.05) is 39.5 Å². The molecular weight excluding hydrogens is 422 g/mol. The Balaban J connectivity index is 1.17. The van der Waals surface area contributed by atoms with E-state index in [-0.39, 0.29) is 5.91 Å². The highest BCUT2D eigenvalue weighted by Crippen LogP contribution is 2.40. The van der Waals surface area contributed by atoms with E-state index < -0.39 is 0 Å². The van der Waals surface area contributed by atoms with E-state index in [1.54, 1.807) is 12.5 Å². The largest absolute Gasteiger partial charge is 0.329 e. The molecule has 4 aliphatic heterocycles. The van der Waals surface area contributed by atoms with Gasteiger partial charge in [-0.2, -0.15) is 14.4 Å². The van der Waals surface area contributed by atoms with Gasteiger partial charge in [0.2, 0.25) is 0 Å². The minimum atomic E-state index is 0.203. The lowest BCUT2D eigenvalue weighted by Crippen LogP contribution is -2.56. The van der Waals surface area contributed by atoms with Gasteiger partial charge in [0, 0.05) is 49.7 Å². The molecular formula is C23H26N7OS+. The second kappa shape index (κ2) is 7.99. The number of piperidine rings is 1. The van der Waals surface area contributed by atoms with Gasteiger partial charge < -0.3 is 4.90 Å². The first-order chi connectivity index (χ1) is 15.7. The summed E-state index contributed by atoms with van der Waals surface area (Å²) in [5, 5.41) is 6.93. The minimum absolute atomic E-state index is 0.203. The van der Waals surface area contributed by atoms with Gasteiger partial charge in [0.1, 0.15) is 24.9 Å². The molecule has 6 heterocycles. The van der Waals surface area contributed by atoms with Crippen LogP contribution in [0.5, 0.6) is 0 Å². The number of carbonyl (C=O) groups excluding carboxylic acids is 1. The van der Waals surface area contributed by atoms with E-state index in [0.29, 0.717) is 10.5 Å². The summed E-state index contributed by atoms with van der Waals surface area (Å²) < 4.78 is 2.53. The Morgan fingerprint density at radius 3 is 2.84 bits per heavy atom. The summed E-state index contributed by atoms with van der Waals surface area (Å²) in [6, 6.07) is 5.85. The fraction of sp³-hybridized carbons (Fsp3) is 0.391. The molecule has 164 valence electrons. The van der Waals surface area contributed by atoms with Crippen molar-refractivity contribution in [1.82, 2.24) is 29.7 Å². The third kappa shape index (κ3) is 3.23. The van der Waals surface area contributed by atoms with E-state index in [9.17, 15) is 4.79 Å². The summed E-state index contributed by atoms with van der Waals surface area (Å²) in [4.78, 5) is 24.0. The predicted octanol–water partition coefficient (Wildman–Crippen LogP) is 2.46. The lowest BCUT2D eigenvalue weighted by Gasteiger charge is -2.42. The lowest BCUT2D eigenvalue weighted by atomic mass is 9.96. The molecule has 2 fully saturated rings. The smallest absolute Gasteiger partial charge is 0.256 e. The van der Waals surface area contributed by atoms with Crippen LogP contribution in [0.3, 0.4) is 0 Å². The Labute approximate surface area is 191 Å². The molecule has 4 aliphatic rings. The van der Waals surface area contributed by atoms with Crippen molar-refractivity contribution in [3.63, 3.8) is 0 Å². The summed E-state index contributed by atoms with van der Waals surface area (Å²) in [6.07, 6.45) is 14.0. The Bertz CT molecular complexity index is 1110. The van der Waals surface area contributed by atoms with Crippen molar-refractivity contribution < 1.29 is 9.39 Å². The van der Waals surface area contributed by atoms with E-state index in [4.69, 9.17) is 0 Å². The van der Waals surface area contributed by atoms with Crippen LogP contribution < -0.4 is 0 Å². The molecule has 2 saturated heterocycles. The molecule has 0 N–H and O–H groups in total. The topological polar surface area (TPSA) is 67.2 Å². The van der Waals surface area contributed by atoms with Crippen LogP contribution in [0.25, 0.3) is 5.82 Å². The lowest BCUT2D eigenvalue weighted by molar-refractivity contribution is -0.949. The number of nitrogens with zero attached hydrogens (tertiary/aromatic N) is 7. The van der Waals surface area contributed by atoms with Crippen LogP contribution in [0.4, 0.5) is 0 Å². The Hall–Kier alpha value is -2.75. The number of thioether (sulfide) groups is 1. The molecule has 1 atom stereocenters. The number of rotatable bonds is 4. The van der Waals surface area contributed by atoms with Gasteiger partial charge in [0.05, 0.1) is 11.4 Å². The van der Waals surface area contributed by atoms with Crippen molar-refractivity contribution in [2.24, 2.45) is 0 Å². The zero-order valence-electron chi connectivity index (χ0n) is 17.9. The van der Waals surface area contributed by atoms with Crippen LogP contribution in [-0.4, -0.2) is 78.0 Å². The molecule has 0 saturated carbocycles. The van der Waals surface area contributed by atoms with E-state index in [1.165, 1.54) is 5.70 Å². The van der Waals surface area contributed by atoms with Crippen LogP contribution in [0.2, 0.25) is 0 Å². The maximum Gasteiger partial charge on any atom is 0.256 e. The summed E-state index contributed by atoms with van der Waals surface area (Å²) in [5.41, 5.74) is 2.13. The molecule has 0 aromatic carbocycles. The number of pyridine rings is 1. The molecule has 2 aromatic rings. The maximum atomic E-state index is 13.0. The first kappa shape index (κ1) is 19.9. The zero-order chi connectivity index (χ0) is 21.5. The van der Waals surface area contributed by atoms with Crippen LogP contribution >= 0.6 is 11.8 Å². The molecule has 0 bridgehead atoms. The number of hydrogen-bond donors (Lipinski definition) is 0. The van der Waals surface area contributed by atoms with Crippen LogP contribution in [0, 0.1) is 0 Å². The molecule has 0 spiro atoms. The first-order valence-electron chi connectivity index (χ1n) is 11.2. The van der Waals surface area contributed by atoms with Crippen molar-refractivity contribution in [3.05, 3.63) is 72.2 Å². The first-order valence-corrected chi connectivity index (χ1v) is 12.3. The van der Waals surface area contributed by atoms with Crippen LogP contribution in [0.1, 0.15) is 24.6 Å². The zero-order valence-corrected chi connectivity index (χ0v) is 18.7. The predicted molar refractivity (Wildman–Crippen MR) is 122 cm³/mol. The third-order valence-electron chi connectivity index (χ3n) is 6.88. The average molecular weight is 449 g/mol. The molecule has 2 aromatic heterocycles. The van der Waals surface area contributed by atoms with Crippen LogP contribution in [0.15, 0.2) is 66.4 Å². The summed E-state index contributed by atoms with van der Waals surface area (Å²) in [7, 11) is 0. The number of quaternary nitrogens is 1. The SMILES string of the molecule is O=C(C1=CC2=CC=C[N@@+]2(N2CCC(c3ncnn3-c3ccccn3)CC2)C1)N1CCSC1. The van der Waals surface area contributed by atoms with Crippen molar-refractivity contribution in [2.75, 3.05) is 37.8 Å². The molecule has 1 amide bonds. The number of carbonyl (C=O) groups is 1. The number of amides is 1. The Kier molecular flexibility index (Phi) is 4.97. The summed E-state index contributed by atoms with van der Waals surface area (Å²) in [6.45, 7) is 3.46. The Morgan fingerprint density at radius 1 is 1.16 bits per heavy atom. The van der Waals surface area contributed by atoms with E-state index in [2.05, 4.69) is 44.5 Å². The highest BCUT2D eigenvalue weighted by atomic mass is 32.2. The molecule has 8 nitrogen and oxygen atoms in total. The number of aromatic nitrogens is 4. The van der Waals surface area contributed by atoms with Crippen molar-refractivity contribution in [3.8, 4) is 5.82 Å². The highest BCUT2D eigenvalue weighted by molar-refractivity contribution is 7.99. The molecule has 0 unspecified atom stereocenters. The summed E-state index contributed by atoms with van der Waals surface area (Å²) in [5.74, 6) is 4.19. The monoisotopic (exact) mass is 448 g/mol. The van der Waals surface area contributed by atoms with Gasteiger partial charge >= 0.3 is 0 Å². The van der Waals surface area contributed by atoms with Gasteiger partial charge in [0.25, 0.3) is 5.91 Å². The average Bonchev–Trinajstić information content (AvgIpc) is 3.63.